The number of halogens is 2. The van der Waals surface area contributed by atoms with Crippen molar-refractivity contribution in [1.82, 2.24) is 10.2 Å². The van der Waals surface area contributed by atoms with Crippen LogP contribution < -0.4 is 9.62 Å². The van der Waals surface area contributed by atoms with Crippen molar-refractivity contribution in [1.29, 1.82) is 0 Å². The molecule has 3 rings (SSSR count). The molecule has 0 spiro atoms. The summed E-state index contributed by atoms with van der Waals surface area (Å²) < 4.78 is 26.6. The molecular formula is C29H33Cl2N3O4S. The van der Waals surface area contributed by atoms with Crippen LogP contribution in [0.15, 0.2) is 78.9 Å². The summed E-state index contributed by atoms with van der Waals surface area (Å²) in [5.41, 5.74) is 1.87. The smallest absolute Gasteiger partial charge is 0.244 e. The lowest BCUT2D eigenvalue weighted by molar-refractivity contribution is -0.140. The van der Waals surface area contributed by atoms with Crippen molar-refractivity contribution in [3.05, 3.63) is 100 Å². The van der Waals surface area contributed by atoms with Gasteiger partial charge in [-0.3, -0.25) is 13.9 Å². The summed E-state index contributed by atoms with van der Waals surface area (Å²) in [7, 11) is -3.86. The molecule has 0 saturated heterocycles. The van der Waals surface area contributed by atoms with Gasteiger partial charge in [-0.1, -0.05) is 78.7 Å². The van der Waals surface area contributed by atoms with Crippen molar-refractivity contribution in [3.8, 4) is 0 Å². The molecule has 3 aromatic carbocycles. The molecule has 2 amide bonds. The first kappa shape index (κ1) is 30.5. The highest BCUT2D eigenvalue weighted by Gasteiger charge is 2.33. The first-order chi connectivity index (χ1) is 18.5. The van der Waals surface area contributed by atoms with E-state index in [1.54, 1.807) is 42.5 Å². The number of anilines is 1. The van der Waals surface area contributed by atoms with Crippen molar-refractivity contribution in [3.63, 3.8) is 0 Å². The average molecular weight is 591 g/mol. The first-order valence-electron chi connectivity index (χ1n) is 12.6. The summed E-state index contributed by atoms with van der Waals surface area (Å²) in [5, 5.41) is 3.87. The molecule has 3 aromatic rings. The molecule has 1 N–H and O–H groups in total. The number of rotatable bonds is 12. The number of nitrogens with zero attached hydrogens (tertiary/aromatic N) is 2. The molecule has 7 nitrogen and oxygen atoms in total. The number of hydrogen-bond donors (Lipinski definition) is 1. The van der Waals surface area contributed by atoms with Gasteiger partial charge in [-0.05, 0) is 54.8 Å². The molecule has 0 aromatic heterocycles. The highest BCUT2D eigenvalue weighted by Crippen LogP contribution is 2.23. The lowest BCUT2D eigenvalue weighted by Crippen LogP contribution is -2.54. The summed E-state index contributed by atoms with van der Waals surface area (Å²) in [6.45, 7) is 3.43. The van der Waals surface area contributed by atoms with E-state index in [0.29, 0.717) is 16.5 Å². The van der Waals surface area contributed by atoms with Crippen LogP contribution in [-0.2, 0) is 32.6 Å². The molecule has 0 bridgehead atoms. The van der Waals surface area contributed by atoms with Crippen LogP contribution in [0.5, 0.6) is 0 Å². The first-order valence-corrected chi connectivity index (χ1v) is 15.2. The standard InChI is InChI=1S/C29H33Cl2N3O4S/c1-4-21(2)32-29(36)27(17-22-9-6-5-7-10-22)33(19-23-13-15-24(30)16-14-23)28(35)20-34(39(3,37)38)26-12-8-11-25(31)18-26/h5-16,18,21,27H,4,17,19-20H2,1-3H3,(H,32,36)/t21-,27+/m0/s1. The Bertz CT molecular complexity index is 1370. The second-order valence-electron chi connectivity index (χ2n) is 9.42. The third-order valence-corrected chi connectivity index (χ3v) is 7.94. The number of sulfonamides is 1. The zero-order valence-corrected chi connectivity index (χ0v) is 24.5. The minimum atomic E-state index is -3.86. The monoisotopic (exact) mass is 589 g/mol. The Morgan fingerprint density at radius 3 is 2.15 bits per heavy atom. The van der Waals surface area contributed by atoms with Crippen LogP contribution in [-0.4, -0.2) is 50.0 Å². The van der Waals surface area contributed by atoms with Crippen molar-refractivity contribution >= 4 is 50.7 Å². The second-order valence-corrected chi connectivity index (χ2v) is 12.2. The zero-order chi connectivity index (χ0) is 28.6. The van der Waals surface area contributed by atoms with Gasteiger partial charge >= 0.3 is 0 Å². The SMILES string of the molecule is CC[C@H](C)NC(=O)[C@@H](Cc1ccccc1)N(Cc1ccc(Cl)cc1)C(=O)CN(c1cccc(Cl)c1)S(C)(=O)=O. The van der Waals surface area contributed by atoms with Crippen molar-refractivity contribution in [2.75, 3.05) is 17.1 Å². The van der Waals surface area contributed by atoms with Crippen LogP contribution >= 0.6 is 23.2 Å². The summed E-state index contributed by atoms with van der Waals surface area (Å²) in [5.74, 6) is -0.847. The fraction of sp³-hybridized carbons (Fsp3) is 0.310. The molecule has 2 atom stereocenters. The minimum Gasteiger partial charge on any atom is -0.352 e. The number of carbonyl (C=O) groups is 2. The lowest BCUT2D eigenvalue weighted by Gasteiger charge is -2.34. The number of amides is 2. The maximum atomic E-state index is 14.0. The maximum absolute atomic E-state index is 14.0. The van der Waals surface area contributed by atoms with Crippen LogP contribution in [0.4, 0.5) is 5.69 Å². The summed E-state index contributed by atoms with van der Waals surface area (Å²) >= 11 is 12.2. The van der Waals surface area contributed by atoms with E-state index in [9.17, 15) is 18.0 Å². The summed E-state index contributed by atoms with van der Waals surface area (Å²) in [4.78, 5) is 29.1. The van der Waals surface area contributed by atoms with Gasteiger partial charge in [-0.15, -0.1) is 0 Å². The van der Waals surface area contributed by atoms with Gasteiger partial charge in [-0.2, -0.15) is 0 Å². The number of hydrogen-bond acceptors (Lipinski definition) is 4. The van der Waals surface area contributed by atoms with Crippen molar-refractivity contribution < 1.29 is 18.0 Å². The third-order valence-electron chi connectivity index (χ3n) is 6.31. The second kappa shape index (κ2) is 13.8. The van der Waals surface area contributed by atoms with E-state index in [1.807, 2.05) is 44.2 Å². The van der Waals surface area contributed by atoms with E-state index >= 15 is 0 Å². The minimum absolute atomic E-state index is 0.0780. The molecule has 0 heterocycles. The molecule has 208 valence electrons. The Hall–Kier alpha value is -3.07. The van der Waals surface area contributed by atoms with Crippen LogP contribution in [0.2, 0.25) is 10.0 Å². The van der Waals surface area contributed by atoms with Gasteiger partial charge in [0.2, 0.25) is 21.8 Å². The Labute approximate surface area is 240 Å². The van der Waals surface area contributed by atoms with E-state index in [4.69, 9.17) is 23.2 Å². The molecule has 0 unspecified atom stereocenters. The van der Waals surface area contributed by atoms with Crippen molar-refractivity contribution in [2.45, 2.75) is 45.3 Å². The van der Waals surface area contributed by atoms with Gasteiger partial charge in [0.1, 0.15) is 12.6 Å². The van der Waals surface area contributed by atoms with E-state index in [1.165, 1.54) is 11.0 Å². The van der Waals surface area contributed by atoms with Crippen LogP contribution in [0.3, 0.4) is 0 Å². The predicted molar refractivity (Wildman–Crippen MR) is 157 cm³/mol. The van der Waals surface area contributed by atoms with Gasteiger partial charge in [-0.25, -0.2) is 8.42 Å². The largest absolute Gasteiger partial charge is 0.352 e. The average Bonchev–Trinajstić information content (AvgIpc) is 2.90. The molecule has 0 aliphatic carbocycles. The number of benzene rings is 3. The molecule has 0 aliphatic rings. The van der Waals surface area contributed by atoms with Gasteiger partial charge in [0, 0.05) is 29.1 Å². The van der Waals surface area contributed by atoms with Gasteiger partial charge in [0.05, 0.1) is 11.9 Å². The molecule has 0 radical (unpaired) electrons. The van der Waals surface area contributed by atoms with Gasteiger partial charge in [0.25, 0.3) is 0 Å². The molecule has 10 heteroatoms. The Balaban J connectivity index is 2.05. The van der Waals surface area contributed by atoms with Gasteiger partial charge < -0.3 is 10.2 Å². The quantitative estimate of drug-likeness (QED) is 0.310. The number of carbonyl (C=O) groups excluding carboxylic acids is 2. The van der Waals surface area contributed by atoms with Crippen LogP contribution in [0.1, 0.15) is 31.4 Å². The fourth-order valence-electron chi connectivity index (χ4n) is 4.03. The molecule has 0 fully saturated rings. The Morgan fingerprint density at radius 1 is 0.897 bits per heavy atom. The highest BCUT2D eigenvalue weighted by molar-refractivity contribution is 7.92. The highest BCUT2D eigenvalue weighted by atomic mass is 35.5. The Kier molecular flexibility index (Phi) is 10.8. The van der Waals surface area contributed by atoms with Crippen LogP contribution in [0.25, 0.3) is 0 Å². The zero-order valence-electron chi connectivity index (χ0n) is 22.2. The molecular weight excluding hydrogens is 557 g/mol. The van der Waals surface area contributed by atoms with E-state index in [2.05, 4.69) is 5.32 Å². The Morgan fingerprint density at radius 2 is 1.56 bits per heavy atom. The topological polar surface area (TPSA) is 86.8 Å². The lowest BCUT2D eigenvalue weighted by atomic mass is 10.0. The predicted octanol–water partition coefficient (Wildman–Crippen LogP) is 5.31. The van der Waals surface area contributed by atoms with Crippen LogP contribution in [0, 0.1) is 0 Å². The van der Waals surface area contributed by atoms with Crippen molar-refractivity contribution in [2.24, 2.45) is 0 Å². The van der Waals surface area contributed by atoms with E-state index in [-0.39, 0.29) is 30.6 Å². The molecule has 0 aliphatic heterocycles. The summed E-state index contributed by atoms with van der Waals surface area (Å²) in [6, 6.07) is 21.7. The molecule has 39 heavy (non-hydrogen) atoms. The van der Waals surface area contributed by atoms with Gasteiger partial charge in [0.15, 0.2) is 0 Å². The third kappa shape index (κ3) is 8.98. The normalized spacial score (nSPS) is 12.8. The number of nitrogens with one attached hydrogen (secondary N) is 1. The fourth-order valence-corrected chi connectivity index (χ4v) is 5.18. The molecule has 0 saturated carbocycles. The summed E-state index contributed by atoms with van der Waals surface area (Å²) in [6.07, 6.45) is 1.99. The van der Waals surface area contributed by atoms with E-state index in [0.717, 1.165) is 21.7 Å². The van der Waals surface area contributed by atoms with E-state index < -0.39 is 28.5 Å². The maximum Gasteiger partial charge on any atom is 0.244 e.